The second kappa shape index (κ2) is 8.85. The fourth-order valence-corrected chi connectivity index (χ4v) is 4.37. The molecule has 3 unspecified atom stereocenters. The van der Waals surface area contributed by atoms with Gasteiger partial charge in [0.25, 0.3) is 5.91 Å². The Morgan fingerprint density at radius 3 is 2.82 bits per heavy atom. The Morgan fingerprint density at radius 2 is 2.03 bits per heavy atom. The van der Waals surface area contributed by atoms with Gasteiger partial charge in [-0.05, 0) is 24.3 Å². The molecule has 3 atom stereocenters. The van der Waals surface area contributed by atoms with Gasteiger partial charge in [-0.15, -0.1) is 0 Å². The topological polar surface area (TPSA) is 118 Å². The number of piperidine rings is 1. The van der Waals surface area contributed by atoms with Gasteiger partial charge in [0.1, 0.15) is 23.3 Å². The van der Waals surface area contributed by atoms with E-state index in [1.54, 1.807) is 48.8 Å². The normalized spacial score (nSPS) is 20.5. The monoisotopic (exact) mass is 461 g/mol. The third-order valence-corrected chi connectivity index (χ3v) is 6.16. The number of amides is 1. The number of halogens is 1. The van der Waals surface area contributed by atoms with Crippen molar-refractivity contribution in [2.75, 3.05) is 23.3 Å². The molecule has 1 aromatic carbocycles. The maximum atomic E-state index is 14.3. The highest BCUT2D eigenvalue weighted by Crippen LogP contribution is 2.32. The van der Waals surface area contributed by atoms with Gasteiger partial charge < -0.3 is 25.5 Å². The van der Waals surface area contributed by atoms with E-state index < -0.39 is 23.9 Å². The minimum atomic E-state index is -0.578. The first-order chi connectivity index (χ1) is 16.4. The summed E-state index contributed by atoms with van der Waals surface area (Å²) < 4.78 is 19.9. The molecule has 8 nitrogen and oxygen atoms in total. The van der Waals surface area contributed by atoms with Crippen molar-refractivity contribution >= 4 is 28.4 Å². The average molecular weight is 461 g/mol. The smallest absolute Gasteiger partial charge is 0.274 e. The Labute approximate surface area is 195 Å². The summed E-state index contributed by atoms with van der Waals surface area (Å²) in [4.78, 5) is 23.8. The molecule has 1 amide bonds. The fraction of sp³-hybridized carbons (Fsp3) is 0.240. The molecule has 0 spiro atoms. The van der Waals surface area contributed by atoms with E-state index in [0.717, 1.165) is 5.69 Å². The number of nitrogens with two attached hydrogens (primary N) is 1. The van der Waals surface area contributed by atoms with E-state index in [1.807, 2.05) is 11.8 Å². The van der Waals surface area contributed by atoms with Gasteiger partial charge in [-0.3, -0.25) is 9.78 Å². The Bertz CT molecular complexity index is 1350. The number of hydrogen-bond donors (Lipinski definition) is 3. The van der Waals surface area contributed by atoms with Crippen LogP contribution < -0.4 is 16.0 Å². The van der Waals surface area contributed by atoms with Crippen LogP contribution in [0.15, 0.2) is 65.5 Å². The van der Waals surface area contributed by atoms with Crippen LogP contribution in [0.2, 0.25) is 0 Å². The summed E-state index contributed by atoms with van der Waals surface area (Å²) in [7, 11) is 0. The molecule has 1 saturated heterocycles. The molecular formula is C25H24FN5O3. The lowest BCUT2D eigenvalue weighted by molar-refractivity contribution is 0.0785. The molecule has 0 aliphatic carbocycles. The Hall–Kier alpha value is -3.82. The second-order valence-electron chi connectivity index (χ2n) is 8.56. The van der Waals surface area contributed by atoms with Gasteiger partial charge in [-0.25, -0.2) is 9.37 Å². The third-order valence-electron chi connectivity index (χ3n) is 6.16. The molecule has 0 saturated carbocycles. The number of anilines is 2. The van der Waals surface area contributed by atoms with E-state index >= 15 is 0 Å². The molecule has 5 rings (SSSR count). The van der Waals surface area contributed by atoms with Gasteiger partial charge in [0, 0.05) is 42.4 Å². The zero-order chi connectivity index (χ0) is 23.8. The molecule has 4 heterocycles. The van der Waals surface area contributed by atoms with Gasteiger partial charge in [-0.1, -0.05) is 25.1 Å². The number of aromatic nitrogens is 2. The first kappa shape index (κ1) is 22.0. The number of carbonyl (C=O) groups is 1. The number of nitrogens with zero attached hydrogens (tertiary/aromatic N) is 3. The van der Waals surface area contributed by atoms with Crippen molar-refractivity contribution in [1.29, 1.82) is 0 Å². The van der Waals surface area contributed by atoms with E-state index in [9.17, 15) is 14.3 Å². The maximum absolute atomic E-state index is 14.3. The predicted molar refractivity (Wildman–Crippen MR) is 127 cm³/mol. The zero-order valence-corrected chi connectivity index (χ0v) is 18.5. The first-order valence-corrected chi connectivity index (χ1v) is 11.0. The molecule has 9 heteroatoms. The Morgan fingerprint density at radius 1 is 1.21 bits per heavy atom. The van der Waals surface area contributed by atoms with Crippen LogP contribution in [0.5, 0.6) is 0 Å². The number of fused-ring (bicyclic) bond motifs is 1. The number of benzene rings is 1. The van der Waals surface area contributed by atoms with Crippen LogP contribution in [0, 0.1) is 11.7 Å². The van der Waals surface area contributed by atoms with Gasteiger partial charge in [0.15, 0.2) is 5.58 Å². The Kier molecular flexibility index (Phi) is 5.72. The molecule has 0 radical (unpaired) electrons. The molecule has 3 aromatic heterocycles. The number of furan rings is 1. The van der Waals surface area contributed by atoms with Crippen LogP contribution in [0.4, 0.5) is 15.8 Å². The lowest BCUT2D eigenvalue weighted by atomic mass is 9.92. The van der Waals surface area contributed by atoms with Crippen LogP contribution in [-0.2, 0) is 0 Å². The molecule has 4 N–H and O–H groups in total. The number of nitrogens with one attached hydrogen (secondary N) is 1. The van der Waals surface area contributed by atoms with Crippen molar-refractivity contribution in [2.45, 2.75) is 19.1 Å². The van der Waals surface area contributed by atoms with Gasteiger partial charge in [0.2, 0.25) is 0 Å². The van der Waals surface area contributed by atoms with E-state index in [4.69, 9.17) is 10.2 Å². The molecule has 4 aromatic rings. The third kappa shape index (κ3) is 4.00. The molecular weight excluding hydrogens is 437 g/mol. The van der Waals surface area contributed by atoms with Crippen LogP contribution in [-0.4, -0.2) is 46.2 Å². The SMILES string of the molecule is CC1CN(c2ccncc2NC(=O)c2ccc3occ(-c4ccccc4F)c3n2)CC(N)C1O. The minimum Gasteiger partial charge on any atom is -0.462 e. The average Bonchev–Trinajstić information content (AvgIpc) is 3.26. The maximum Gasteiger partial charge on any atom is 0.274 e. The number of carbonyl (C=O) groups excluding carboxylic acids is 1. The van der Waals surface area contributed by atoms with Crippen LogP contribution in [0.25, 0.3) is 22.2 Å². The summed E-state index contributed by atoms with van der Waals surface area (Å²) in [6, 6.07) is 10.9. The summed E-state index contributed by atoms with van der Waals surface area (Å²) >= 11 is 0. The summed E-state index contributed by atoms with van der Waals surface area (Å²) in [5, 5.41) is 13.1. The van der Waals surface area contributed by atoms with Gasteiger partial charge in [-0.2, -0.15) is 0 Å². The summed E-state index contributed by atoms with van der Waals surface area (Å²) in [6.45, 7) is 2.98. The standard InChI is InChI=1S/C25H24FN5O3/c1-14-11-31(12-18(27)24(14)32)21-8-9-28-10-20(21)30-25(33)19-6-7-22-23(29-19)16(13-34-22)15-4-2-3-5-17(15)26/h2-10,13-14,18,24,32H,11-12,27H2,1H3,(H,30,33). The summed E-state index contributed by atoms with van der Waals surface area (Å²) in [5.74, 6) is -0.866. The van der Waals surface area contributed by atoms with Crippen molar-refractivity contribution in [2.24, 2.45) is 11.7 Å². The largest absolute Gasteiger partial charge is 0.462 e. The summed E-state index contributed by atoms with van der Waals surface area (Å²) in [6.07, 6.45) is 4.07. The first-order valence-electron chi connectivity index (χ1n) is 11.0. The molecule has 1 aliphatic rings. The number of rotatable bonds is 4. The van der Waals surface area contributed by atoms with Crippen LogP contribution in [0.1, 0.15) is 17.4 Å². The highest BCUT2D eigenvalue weighted by molar-refractivity contribution is 6.06. The molecule has 34 heavy (non-hydrogen) atoms. The fourth-order valence-electron chi connectivity index (χ4n) is 4.37. The van der Waals surface area contributed by atoms with E-state index in [0.29, 0.717) is 41.0 Å². The lowest BCUT2D eigenvalue weighted by Crippen LogP contribution is -2.55. The van der Waals surface area contributed by atoms with Crippen molar-refractivity contribution < 1.29 is 18.7 Å². The predicted octanol–water partition coefficient (Wildman–Crippen LogP) is 3.43. The molecule has 174 valence electrons. The van der Waals surface area contributed by atoms with Crippen molar-refractivity contribution in [3.05, 3.63) is 72.6 Å². The zero-order valence-electron chi connectivity index (χ0n) is 18.5. The van der Waals surface area contributed by atoms with Crippen LogP contribution >= 0.6 is 0 Å². The number of aliphatic hydroxyl groups excluding tert-OH is 1. The highest BCUT2D eigenvalue weighted by Gasteiger charge is 2.32. The Balaban J connectivity index is 1.44. The minimum absolute atomic E-state index is 0.0255. The number of hydrogen-bond acceptors (Lipinski definition) is 7. The molecule has 1 aliphatic heterocycles. The van der Waals surface area contributed by atoms with E-state index in [-0.39, 0.29) is 11.6 Å². The molecule has 1 fully saturated rings. The van der Waals surface area contributed by atoms with Gasteiger partial charge in [0.05, 0.1) is 23.7 Å². The van der Waals surface area contributed by atoms with Gasteiger partial charge >= 0.3 is 0 Å². The molecule has 0 bridgehead atoms. The lowest BCUT2D eigenvalue weighted by Gasteiger charge is -2.40. The highest BCUT2D eigenvalue weighted by atomic mass is 19.1. The van der Waals surface area contributed by atoms with Crippen LogP contribution in [0.3, 0.4) is 0 Å². The second-order valence-corrected chi connectivity index (χ2v) is 8.56. The quantitative estimate of drug-likeness (QED) is 0.426. The summed E-state index contributed by atoms with van der Waals surface area (Å²) in [5.41, 5.74) is 9.20. The number of aliphatic hydroxyl groups is 1. The van der Waals surface area contributed by atoms with Crippen molar-refractivity contribution in [3.63, 3.8) is 0 Å². The van der Waals surface area contributed by atoms with E-state index in [1.165, 1.54) is 12.3 Å². The van der Waals surface area contributed by atoms with Crippen molar-refractivity contribution in [1.82, 2.24) is 9.97 Å². The van der Waals surface area contributed by atoms with E-state index in [2.05, 4.69) is 15.3 Å². The van der Waals surface area contributed by atoms with Crippen molar-refractivity contribution in [3.8, 4) is 11.1 Å². The number of pyridine rings is 2.